The molecule has 1 nitrogen and oxygen atoms in total. The molecule has 1 aliphatic rings. The number of hydrogen-bond donors (Lipinski definition) is 1. The molecule has 19 heavy (non-hydrogen) atoms. The van der Waals surface area contributed by atoms with E-state index in [1.165, 1.54) is 40.7 Å². The molecule has 0 bridgehead atoms. The average molecular weight is 251 g/mol. The Bertz CT molecular complexity index is 563. The normalized spacial score (nSPS) is 18.7. The molecule has 1 saturated heterocycles. The van der Waals surface area contributed by atoms with Crippen LogP contribution >= 0.6 is 0 Å². The van der Waals surface area contributed by atoms with Gasteiger partial charge in [0.05, 0.1) is 0 Å². The van der Waals surface area contributed by atoms with Gasteiger partial charge in [-0.05, 0) is 61.1 Å². The highest BCUT2D eigenvalue weighted by Crippen LogP contribution is 2.28. The fraction of sp³-hybridized carbons (Fsp3) is 0.333. The van der Waals surface area contributed by atoms with Crippen molar-refractivity contribution in [3.05, 3.63) is 59.2 Å². The van der Waals surface area contributed by atoms with Crippen LogP contribution in [0.2, 0.25) is 0 Å². The number of hydrogen-bond acceptors (Lipinski definition) is 1. The highest BCUT2D eigenvalue weighted by atomic mass is 14.9. The number of aryl methyl sites for hydroxylation is 1. The van der Waals surface area contributed by atoms with E-state index in [1.807, 2.05) is 0 Å². The van der Waals surface area contributed by atoms with Gasteiger partial charge in [-0.3, -0.25) is 0 Å². The summed E-state index contributed by atoms with van der Waals surface area (Å²) in [6, 6.07) is 16.2. The van der Waals surface area contributed by atoms with Crippen LogP contribution in [0.25, 0.3) is 11.1 Å². The Balaban J connectivity index is 1.91. The zero-order valence-corrected chi connectivity index (χ0v) is 11.7. The van der Waals surface area contributed by atoms with Crippen molar-refractivity contribution in [1.82, 2.24) is 5.32 Å². The molecule has 2 aromatic rings. The van der Waals surface area contributed by atoms with E-state index in [-0.39, 0.29) is 0 Å². The lowest BCUT2D eigenvalue weighted by atomic mass is 9.95. The highest BCUT2D eigenvalue weighted by molar-refractivity contribution is 5.68. The first-order valence-electron chi connectivity index (χ1n) is 7.15. The first kappa shape index (κ1) is 12.4. The van der Waals surface area contributed by atoms with Crippen molar-refractivity contribution in [1.29, 1.82) is 0 Å². The lowest BCUT2D eigenvalue weighted by Crippen LogP contribution is -2.12. The third-order valence-corrected chi connectivity index (χ3v) is 4.29. The molecule has 0 aliphatic carbocycles. The van der Waals surface area contributed by atoms with Crippen molar-refractivity contribution in [3.8, 4) is 11.1 Å². The van der Waals surface area contributed by atoms with Gasteiger partial charge in [-0.25, -0.2) is 0 Å². The van der Waals surface area contributed by atoms with Gasteiger partial charge in [-0.15, -0.1) is 0 Å². The van der Waals surface area contributed by atoms with Crippen LogP contribution in [0.1, 0.15) is 35.6 Å². The smallest absolute Gasteiger partial charge is 0.0320 e. The van der Waals surface area contributed by atoms with Gasteiger partial charge in [0.25, 0.3) is 0 Å². The summed E-state index contributed by atoms with van der Waals surface area (Å²) in [5.74, 6) is 0. The summed E-state index contributed by atoms with van der Waals surface area (Å²) in [5.41, 5.74) is 6.84. The summed E-state index contributed by atoms with van der Waals surface area (Å²) in [6.07, 6.45) is 2.56. The Labute approximate surface area is 115 Å². The van der Waals surface area contributed by atoms with E-state index >= 15 is 0 Å². The van der Waals surface area contributed by atoms with Crippen molar-refractivity contribution in [2.24, 2.45) is 0 Å². The Kier molecular flexibility index (Phi) is 3.39. The van der Waals surface area contributed by atoms with Crippen LogP contribution < -0.4 is 5.32 Å². The molecule has 0 saturated carbocycles. The molecular weight excluding hydrogens is 230 g/mol. The first-order valence-corrected chi connectivity index (χ1v) is 7.15. The molecule has 1 heteroatoms. The molecule has 1 N–H and O–H groups in total. The van der Waals surface area contributed by atoms with Gasteiger partial charge in [-0.1, -0.05) is 42.5 Å². The Morgan fingerprint density at radius 1 is 1.00 bits per heavy atom. The molecule has 1 aliphatic heterocycles. The fourth-order valence-corrected chi connectivity index (χ4v) is 2.93. The quantitative estimate of drug-likeness (QED) is 0.834. The van der Waals surface area contributed by atoms with Crippen molar-refractivity contribution in [2.75, 3.05) is 6.54 Å². The van der Waals surface area contributed by atoms with Crippen LogP contribution in [0.3, 0.4) is 0 Å². The summed E-state index contributed by atoms with van der Waals surface area (Å²) in [4.78, 5) is 0. The Hall–Kier alpha value is -1.60. The van der Waals surface area contributed by atoms with E-state index in [2.05, 4.69) is 61.6 Å². The molecule has 0 spiro atoms. The zero-order valence-electron chi connectivity index (χ0n) is 11.7. The monoisotopic (exact) mass is 251 g/mol. The van der Waals surface area contributed by atoms with Crippen LogP contribution in [0.5, 0.6) is 0 Å². The molecular formula is C18H21N. The van der Waals surface area contributed by atoms with E-state index in [0.717, 1.165) is 6.54 Å². The zero-order chi connectivity index (χ0) is 13.2. The van der Waals surface area contributed by atoms with Gasteiger partial charge < -0.3 is 5.32 Å². The van der Waals surface area contributed by atoms with Gasteiger partial charge in [0.1, 0.15) is 0 Å². The molecule has 1 atom stereocenters. The predicted octanol–water partition coefficient (Wildman–Crippen LogP) is 4.39. The Morgan fingerprint density at radius 3 is 2.47 bits per heavy atom. The van der Waals surface area contributed by atoms with E-state index in [9.17, 15) is 0 Å². The lowest BCUT2D eigenvalue weighted by Gasteiger charge is -2.13. The predicted molar refractivity (Wildman–Crippen MR) is 81.3 cm³/mol. The highest BCUT2D eigenvalue weighted by Gasteiger charge is 2.15. The largest absolute Gasteiger partial charge is 0.310 e. The average Bonchev–Trinajstić information content (AvgIpc) is 2.96. The first-order chi connectivity index (χ1) is 9.25. The summed E-state index contributed by atoms with van der Waals surface area (Å²) in [6.45, 7) is 5.54. The summed E-state index contributed by atoms with van der Waals surface area (Å²) in [5, 5.41) is 3.55. The van der Waals surface area contributed by atoms with Gasteiger partial charge in [0.2, 0.25) is 0 Å². The lowest BCUT2D eigenvalue weighted by molar-refractivity contribution is 0.648. The Morgan fingerprint density at radius 2 is 1.79 bits per heavy atom. The minimum absolute atomic E-state index is 0.563. The van der Waals surface area contributed by atoms with Crippen molar-refractivity contribution in [3.63, 3.8) is 0 Å². The summed E-state index contributed by atoms with van der Waals surface area (Å²) in [7, 11) is 0. The summed E-state index contributed by atoms with van der Waals surface area (Å²) < 4.78 is 0. The van der Waals surface area contributed by atoms with Crippen LogP contribution in [-0.4, -0.2) is 6.54 Å². The minimum atomic E-state index is 0.563. The van der Waals surface area contributed by atoms with Gasteiger partial charge in [0.15, 0.2) is 0 Å². The maximum absolute atomic E-state index is 3.55. The summed E-state index contributed by atoms with van der Waals surface area (Å²) >= 11 is 0. The van der Waals surface area contributed by atoms with E-state index in [0.29, 0.717) is 6.04 Å². The molecule has 2 aromatic carbocycles. The van der Waals surface area contributed by atoms with Crippen molar-refractivity contribution in [2.45, 2.75) is 32.7 Å². The fourth-order valence-electron chi connectivity index (χ4n) is 2.93. The topological polar surface area (TPSA) is 12.0 Å². The minimum Gasteiger partial charge on any atom is -0.310 e. The third kappa shape index (κ3) is 2.43. The van der Waals surface area contributed by atoms with Crippen LogP contribution in [0, 0.1) is 13.8 Å². The molecule has 98 valence electrons. The second kappa shape index (κ2) is 5.18. The molecule has 0 aromatic heterocycles. The van der Waals surface area contributed by atoms with Crippen molar-refractivity contribution < 1.29 is 0 Å². The van der Waals surface area contributed by atoms with Gasteiger partial charge in [-0.2, -0.15) is 0 Å². The molecule has 1 heterocycles. The standard InChI is InChI=1S/C18H21N/c1-13-5-3-6-17(14(13)2)15-8-10-16(11-9-15)18-7-4-12-19-18/h3,5-6,8-11,18-19H,4,7,12H2,1-2H3. The second-order valence-electron chi connectivity index (χ2n) is 5.52. The van der Waals surface area contributed by atoms with E-state index in [4.69, 9.17) is 0 Å². The molecule has 1 unspecified atom stereocenters. The second-order valence-corrected chi connectivity index (χ2v) is 5.52. The number of rotatable bonds is 2. The molecule has 3 rings (SSSR count). The van der Waals surface area contributed by atoms with Crippen LogP contribution in [0.4, 0.5) is 0 Å². The van der Waals surface area contributed by atoms with Gasteiger partial charge in [0, 0.05) is 6.04 Å². The SMILES string of the molecule is Cc1cccc(-c2ccc(C3CCCN3)cc2)c1C. The van der Waals surface area contributed by atoms with Crippen LogP contribution in [-0.2, 0) is 0 Å². The number of nitrogens with one attached hydrogen (secondary N) is 1. The van der Waals surface area contributed by atoms with Gasteiger partial charge >= 0.3 is 0 Å². The molecule has 0 radical (unpaired) electrons. The molecule has 0 amide bonds. The van der Waals surface area contributed by atoms with Crippen molar-refractivity contribution >= 4 is 0 Å². The third-order valence-electron chi connectivity index (χ3n) is 4.29. The van der Waals surface area contributed by atoms with Crippen LogP contribution in [0.15, 0.2) is 42.5 Å². The number of benzene rings is 2. The maximum atomic E-state index is 3.55. The van der Waals surface area contributed by atoms with E-state index in [1.54, 1.807) is 0 Å². The van der Waals surface area contributed by atoms with E-state index < -0.39 is 0 Å². The maximum Gasteiger partial charge on any atom is 0.0320 e. The molecule has 1 fully saturated rings.